The summed E-state index contributed by atoms with van der Waals surface area (Å²) < 4.78 is 12.6. The van der Waals surface area contributed by atoms with Crippen LogP contribution in [0.15, 0.2) is 91.0 Å². The molecule has 158 valence electrons. The third kappa shape index (κ3) is 5.68. The van der Waals surface area contributed by atoms with Gasteiger partial charge in [0.15, 0.2) is 8.32 Å². The fourth-order valence-corrected chi connectivity index (χ4v) is 8.93. The summed E-state index contributed by atoms with van der Waals surface area (Å²) in [6, 6.07) is 33.0. The molecular formula is C26H34O2PSi+. The van der Waals surface area contributed by atoms with Crippen LogP contribution in [0, 0.1) is 0 Å². The quantitative estimate of drug-likeness (QED) is 0.319. The van der Waals surface area contributed by atoms with E-state index in [9.17, 15) is 0 Å². The Morgan fingerprint density at radius 2 is 1.10 bits per heavy atom. The van der Waals surface area contributed by atoms with Gasteiger partial charge in [-0.05, 0) is 63.0 Å². The number of ether oxygens (including phenoxy) is 1. The summed E-state index contributed by atoms with van der Waals surface area (Å²) in [6.45, 7) is 10.1. The Bertz CT molecular complexity index is 783. The Hall–Kier alpha value is -1.77. The van der Waals surface area contributed by atoms with E-state index in [0.717, 1.165) is 6.16 Å². The summed E-state index contributed by atoms with van der Waals surface area (Å²) >= 11 is 0. The highest BCUT2D eigenvalue weighted by Gasteiger charge is 2.47. The normalized spacial score (nSPS) is 13.2. The Morgan fingerprint density at radius 3 is 1.43 bits per heavy atom. The van der Waals surface area contributed by atoms with Gasteiger partial charge in [-0.25, -0.2) is 0 Å². The summed E-state index contributed by atoms with van der Waals surface area (Å²) in [5.74, 6) is 0. The second-order valence-electron chi connectivity index (χ2n) is 8.50. The molecule has 3 aromatic rings. The van der Waals surface area contributed by atoms with Crippen LogP contribution in [0.5, 0.6) is 0 Å². The number of hydrogen-bond acceptors (Lipinski definition) is 2. The summed E-state index contributed by atoms with van der Waals surface area (Å²) in [5.41, 5.74) is 0. The molecule has 0 N–H and O–H groups in total. The SMILES string of the molecule is CCO[C@H](CO[Si](C)(C)C)C[P+](c1ccccc1)(c1ccccc1)c1ccccc1. The first kappa shape index (κ1) is 22.9. The van der Waals surface area contributed by atoms with Gasteiger partial charge in [0.25, 0.3) is 0 Å². The van der Waals surface area contributed by atoms with E-state index in [1.165, 1.54) is 15.9 Å². The van der Waals surface area contributed by atoms with Gasteiger partial charge in [-0.3, -0.25) is 0 Å². The zero-order chi connectivity index (χ0) is 21.5. The Balaban J connectivity index is 2.15. The Labute approximate surface area is 183 Å². The largest absolute Gasteiger partial charge is 0.415 e. The highest BCUT2D eigenvalue weighted by atomic mass is 31.2. The zero-order valence-corrected chi connectivity index (χ0v) is 20.5. The van der Waals surface area contributed by atoms with Crippen molar-refractivity contribution in [2.45, 2.75) is 32.7 Å². The minimum atomic E-state index is -1.91. The molecule has 0 spiro atoms. The van der Waals surface area contributed by atoms with Crippen LogP contribution in [0.2, 0.25) is 19.6 Å². The first-order chi connectivity index (χ1) is 14.5. The van der Waals surface area contributed by atoms with E-state index in [1.54, 1.807) is 0 Å². The topological polar surface area (TPSA) is 18.5 Å². The molecule has 30 heavy (non-hydrogen) atoms. The number of rotatable bonds is 10. The maximum absolute atomic E-state index is 6.33. The molecule has 0 heterocycles. The summed E-state index contributed by atoms with van der Waals surface area (Å²) in [5, 5.41) is 4.17. The third-order valence-electron chi connectivity index (χ3n) is 5.17. The summed E-state index contributed by atoms with van der Waals surface area (Å²) in [7, 11) is -3.54. The van der Waals surface area contributed by atoms with Crippen molar-refractivity contribution < 1.29 is 9.16 Å². The highest BCUT2D eigenvalue weighted by molar-refractivity contribution is 7.95. The molecule has 3 aromatic carbocycles. The van der Waals surface area contributed by atoms with Crippen LogP contribution >= 0.6 is 7.26 Å². The van der Waals surface area contributed by atoms with Crippen LogP contribution in [0.25, 0.3) is 0 Å². The lowest BCUT2D eigenvalue weighted by atomic mass is 10.3. The smallest absolute Gasteiger partial charge is 0.183 e. The molecule has 0 saturated carbocycles. The first-order valence-corrected chi connectivity index (χ1v) is 16.1. The van der Waals surface area contributed by atoms with Gasteiger partial charge in [0.1, 0.15) is 35.4 Å². The van der Waals surface area contributed by atoms with E-state index in [0.29, 0.717) is 13.2 Å². The van der Waals surface area contributed by atoms with Crippen molar-refractivity contribution in [3.8, 4) is 0 Å². The summed E-state index contributed by atoms with van der Waals surface area (Å²) in [6.07, 6.45) is 0.985. The Kier molecular flexibility index (Phi) is 8.02. The van der Waals surface area contributed by atoms with Crippen molar-refractivity contribution >= 4 is 31.5 Å². The molecule has 1 atom stereocenters. The van der Waals surface area contributed by atoms with Crippen LogP contribution in [0.1, 0.15) is 6.92 Å². The standard InChI is InChI=1S/C26H34O2PSi/c1-5-27-23(21-28-30(2,3)4)22-29(24-15-9-6-10-16-24,25-17-11-7-12-18-25)26-19-13-8-14-20-26/h6-20,23H,5,21-22H2,1-4H3/q+1/t23-/m1/s1. The van der Waals surface area contributed by atoms with E-state index in [4.69, 9.17) is 9.16 Å². The minimum Gasteiger partial charge on any atom is -0.415 e. The van der Waals surface area contributed by atoms with E-state index >= 15 is 0 Å². The van der Waals surface area contributed by atoms with Crippen molar-refractivity contribution in [1.82, 2.24) is 0 Å². The molecule has 0 saturated heterocycles. The minimum absolute atomic E-state index is 0.0516. The van der Waals surface area contributed by atoms with Crippen LogP contribution in [-0.4, -0.2) is 33.8 Å². The van der Waals surface area contributed by atoms with Crippen LogP contribution in [0.4, 0.5) is 0 Å². The van der Waals surface area contributed by atoms with Gasteiger partial charge < -0.3 is 9.16 Å². The predicted molar refractivity (Wildman–Crippen MR) is 135 cm³/mol. The van der Waals surface area contributed by atoms with Crippen molar-refractivity contribution in [3.63, 3.8) is 0 Å². The maximum atomic E-state index is 6.33. The molecule has 0 unspecified atom stereocenters. The van der Waals surface area contributed by atoms with Gasteiger partial charge >= 0.3 is 0 Å². The van der Waals surface area contributed by atoms with Crippen molar-refractivity contribution in [2.75, 3.05) is 19.4 Å². The zero-order valence-electron chi connectivity index (χ0n) is 18.6. The second-order valence-corrected chi connectivity index (χ2v) is 16.5. The molecule has 0 aliphatic rings. The van der Waals surface area contributed by atoms with Crippen LogP contribution in [0.3, 0.4) is 0 Å². The molecule has 0 aliphatic carbocycles. The van der Waals surface area contributed by atoms with Crippen molar-refractivity contribution in [2.24, 2.45) is 0 Å². The average molecular weight is 438 g/mol. The average Bonchev–Trinajstić information content (AvgIpc) is 2.77. The molecule has 0 radical (unpaired) electrons. The van der Waals surface area contributed by atoms with E-state index in [2.05, 4.69) is 118 Å². The number of hydrogen-bond donors (Lipinski definition) is 0. The lowest BCUT2D eigenvalue weighted by Crippen LogP contribution is -2.41. The molecular weight excluding hydrogens is 403 g/mol. The maximum Gasteiger partial charge on any atom is 0.183 e. The lowest BCUT2D eigenvalue weighted by Gasteiger charge is -2.32. The van der Waals surface area contributed by atoms with Crippen LogP contribution in [-0.2, 0) is 9.16 Å². The van der Waals surface area contributed by atoms with Crippen molar-refractivity contribution in [1.29, 1.82) is 0 Å². The van der Waals surface area contributed by atoms with Gasteiger partial charge in [-0.1, -0.05) is 54.6 Å². The molecule has 0 amide bonds. The monoisotopic (exact) mass is 437 g/mol. The molecule has 4 heteroatoms. The van der Waals surface area contributed by atoms with Crippen molar-refractivity contribution in [3.05, 3.63) is 91.0 Å². The molecule has 0 aromatic heterocycles. The summed E-state index contributed by atoms with van der Waals surface area (Å²) in [4.78, 5) is 0. The molecule has 2 nitrogen and oxygen atoms in total. The first-order valence-electron chi connectivity index (χ1n) is 10.8. The fourth-order valence-electron chi connectivity index (χ4n) is 3.85. The molecule has 0 aliphatic heterocycles. The van der Waals surface area contributed by atoms with E-state index in [1.807, 2.05) is 0 Å². The second kappa shape index (κ2) is 10.5. The highest BCUT2D eigenvalue weighted by Crippen LogP contribution is 2.56. The number of benzene rings is 3. The molecule has 0 bridgehead atoms. The van der Waals surface area contributed by atoms with Gasteiger partial charge in [0.2, 0.25) is 0 Å². The van der Waals surface area contributed by atoms with Crippen LogP contribution < -0.4 is 15.9 Å². The van der Waals surface area contributed by atoms with Gasteiger partial charge in [0.05, 0.1) is 6.61 Å². The van der Waals surface area contributed by atoms with E-state index in [-0.39, 0.29) is 6.10 Å². The van der Waals surface area contributed by atoms with Gasteiger partial charge in [0, 0.05) is 6.61 Å². The third-order valence-corrected chi connectivity index (χ3v) is 10.7. The molecule has 3 rings (SSSR count). The Morgan fingerprint density at radius 1 is 0.700 bits per heavy atom. The van der Waals surface area contributed by atoms with E-state index < -0.39 is 15.6 Å². The lowest BCUT2D eigenvalue weighted by molar-refractivity contribution is 0.0404. The fraction of sp³-hybridized carbons (Fsp3) is 0.308. The molecule has 0 fully saturated rings. The van der Waals surface area contributed by atoms with Gasteiger partial charge in [-0.2, -0.15) is 0 Å². The predicted octanol–water partition coefficient (Wildman–Crippen LogP) is 5.24. The van der Waals surface area contributed by atoms with Gasteiger partial charge in [-0.15, -0.1) is 0 Å².